The molecule has 2 saturated carbocycles. The van der Waals surface area contributed by atoms with Gasteiger partial charge in [-0.05, 0) is 54.4 Å². The van der Waals surface area contributed by atoms with E-state index in [1.807, 2.05) is 44.3 Å². The number of hydrogen-bond donors (Lipinski definition) is 2. The second-order valence-corrected chi connectivity index (χ2v) is 10.7. The fourth-order valence-corrected chi connectivity index (χ4v) is 6.44. The van der Waals surface area contributed by atoms with E-state index in [-0.39, 0.29) is 46.9 Å². The highest BCUT2D eigenvalue weighted by molar-refractivity contribution is 5.78. The van der Waals surface area contributed by atoms with Crippen molar-refractivity contribution in [1.29, 1.82) is 0 Å². The van der Waals surface area contributed by atoms with Crippen LogP contribution in [-0.4, -0.2) is 54.7 Å². The summed E-state index contributed by atoms with van der Waals surface area (Å²) in [5.74, 6) is -0.0178. The summed E-state index contributed by atoms with van der Waals surface area (Å²) in [6.45, 7) is 7.39. The maximum absolute atomic E-state index is 13.3. The Hall–Kier alpha value is -1.92. The van der Waals surface area contributed by atoms with E-state index in [0.29, 0.717) is 19.6 Å². The Labute approximate surface area is 199 Å². The molecule has 2 fully saturated rings. The first kappa shape index (κ1) is 25.7. The van der Waals surface area contributed by atoms with Crippen molar-refractivity contribution in [2.75, 3.05) is 20.8 Å². The third-order valence-corrected chi connectivity index (χ3v) is 8.44. The summed E-state index contributed by atoms with van der Waals surface area (Å²) in [5.41, 5.74) is 1.15. The molecule has 33 heavy (non-hydrogen) atoms. The molecule has 184 valence electrons. The number of carbonyl (C=O) groups excluding carboxylic acids is 2. The number of nitrogens with zero attached hydrogens (tertiary/aromatic N) is 1. The van der Waals surface area contributed by atoms with E-state index in [4.69, 9.17) is 4.74 Å². The Bertz CT molecular complexity index is 801. The van der Waals surface area contributed by atoms with E-state index in [1.54, 1.807) is 12.0 Å². The Morgan fingerprint density at radius 3 is 2.58 bits per heavy atom. The van der Waals surface area contributed by atoms with Gasteiger partial charge < -0.3 is 20.1 Å². The lowest BCUT2D eigenvalue weighted by Crippen LogP contribution is -2.58. The molecule has 1 aromatic carbocycles. The summed E-state index contributed by atoms with van der Waals surface area (Å²) in [4.78, 5) is 27.4. The number of methoxy groups -OCH3 is 1. The molecule has 2 aliphatic rings. The Morgan fingerprint density at radius 2 is 1.91 bits per heavy atom. The summed E-state index contributed by atoms with van der Waals surface area (Å²) in [7, 11) is 3.44. The topological polar surface area (TPSA) is 78.9 Å². The number of aliphatic hydroxyl groups is 1. The summed E-state index contributed by atoms with van der Waals surface area (Å²) in [6.07, 6.45) is 3.58. The van der Waals surface area contributed by atoms with Crippen LogP contribution in [-0.2, 0) is 20.9 Å². The fourth-order valence-electron chi connectivity index (χ4n) is 6.44. The van der Waals surface area contributed by atoms with Gasteiger partial charge in [0.05, 0.1) is 12.7 Å². The molecule has 1 aromatic rings. The van der Waals surface area contributed by atoms with Crippen LogP contribution in [0, 0.1) is 29.1 Å². The van der Waals surface area contributed by atoms with Gasteiger partial charge in [-0.2, -0.15) is 0 Å². The average Bonchev–Trinajstić information content (AvgIpc) is 2.79. The first-order valence-corrected chi connectivity index (χ1v) is 12.4. The van der Waals surface area contributed by atoms with Crippen LogP contribution in [0.4, 0.5) is 0 Å². The lowest BCUT2D eigenvalue weighted by molar-refractivity contribution is -0.150. The van der Waals surface area contributed by atoms with Crippen molar-refractivity contribution in [2.24, 2.45) is 29.1 Å². The zero-order valence-corrected chi connectivity index (χ0v) is 20.9. The minimum absolute atomic E-state index is 0.00485. The van der Waals surface area contributed by atoms with Crippen molar-refractivity contribution >= 4 is 11.8 Å². The predicted molar refractivity (Wildman–Crippen MR) is 129 cm³/mol. The molecule has 0 aromatic heterocycles. The molecule has 0 saturated heterocycles. The average molecular weight is 459 g/mol. The number of benzene rings is 1. The third-order valence-electron chi connectivity index (χ3n) is 8.44. The molecule has 2 aliphatic carbocycles. The van der Waals surface area contributed by atoms with E-state index < -0.39 is 6.10 Å². The van der Waals surface area contributed by atoms with Crippen molar-refractivity contribution in [3.8, 4) is 0 Å². The van der Waals surface area contributed by atoms with E-state index in [2.05, 4.69) is 19.2 Å². The van der Waals surface area contributed by atoms with Gasteiger partial charge in [-0.15, -0.1) is 0 Å². The van der Waals surface area contributed by atoms with Gasteiger partial charge in [0, 0.05) is 39.1 Å². The van der Waals surface area contributed by atoms with Crippen LogP contribution in [0.5, 0.6) is 0 Å². The number of ether oxygens (including phenoxy) is 1. The molecule has 7 atom stereocenters. The normalized spacial score (nSPS) is 32.5. The van der Waals surface area contributed by atoms with Crippen LogP contribution in [0.3, 0.4) is 0 Å². The molecule has 0 aliphatic heterocycles. The largest absolute Gasteiger partial charge is 0.392 e. The van der Waals surface area contributed by atoms with Crippen LogP contribution in [0.2, 0.25) is 0 Å². The molecule has 0 unspecified atom stereocenters. The maximum atomic E-state index is 13.3. The molecule has 0 heterocycles. The highest BCUT2D eigenvalue weighted by Gasteiger charge is 2.54. The predicted octanol–water partition coefficient (Wildman–Crippen LogP) is 3.63. The van der Waals surface area contributed by atoms with E-state index in [9.17, 15) is 14.7 Å². The van der Waals surface area contributed by atoms with Gasteiger partial charge in [-0.25, -0.2) is 0 Å². The van der Waals surface area contributed by atoms with E-state index >= 15 is 0 Å². The number of rotatable bonds is 8. The van der Waals surface area contributed by atoms with Crippen molar-refractivity contribution in [2.45, 2.75) is 71.6 Å². The van der Waals surface area contributed by atoms with Gasteiger partial charge in [-0.1, -0.05) is 51.1 Å². The van der Waals surface area contributed by atoms with Crippen LogP contribution in [0.1, 0.15) is 58.4 Å². The van der Waals surface area contributed by atoms with Crippen molar-refractivity contribution in [3.63, 3.8) is 0 Å². The summed E-state index contributed by atoms with van der Waals surface area (Å²) >= 11 is 0. The maximum Gasteiger partial charge on any atom is 0.225 e. The van der Waals surface area contributed by atoms with Crippen molar-refractivity contribution in [3.05, 3.63) is 35.9 Å². The first-order chi connectivity index (χ1) is 15.7. The van der Waals surface area contributed by atoms with Crippen molar-refractivity contribution in [1.82, 2.24) is 10.2 Å². The molecular formula is C27H42N2O4. The lowest BCUT2D eigenvalue weighted by Gasteiger charge is -2.56. The molecule has 2 amide bonds. The second kappa shape index (κ2) is 11.0. The fraction of sp³-hybridized carbons (Fsp3) is 0.704. The van der Waals surface area contributed by atoms with E-state index in [0.717, 1.165) is 31.2 Å². The Morgan fingerprint density at radius 1 is 1.24 bits per heavy atom. The minimum atomic E-state index is -0.554. The highest BCUT2D eigenvalue weighted by atomic mass is 16.5. The van der Waals surface area contributed by atoms with Crippen molar-refractivity contribution < 1.29 is 19.4 Å². The number of carbonyl (C=O) groups is 2. The Balaban J connectivity index is 1.68. The van der Waals surface area contributed by atoms with Crippen LogP contribution >= 0.6 is 0 Å². The number of amides is 2. The van der Waals surface area contributed by atoms with Gasteiger partial charge in [0.1, 0.15) is 0 Å². The highest BCUT2D eigenvalue weighted by Crippen LogP contribution is 2.55. The molecule has 2 N–H and O–H groups in total. The van der Waals surface area contributed by atoms with Crippen LogP contribution in [0.25, 0.3) is 0 Å². The van der Waals surface area contributed by atoms with E-state index in [1.165, 1.54) is 0 Å². The second-order valence-electron chi connectivity index (χ2n) is 10.7. The third kappa shape index (κ3) is 5.78. The zero-order valence-electron chi connectivity index (χ0n) is 20.9. The first-order valence-electron chi connectivity index (χ1n) is 12.4. The molecule has 6 heteroatoms. The van der Waals surface area contributed by atoms with Crippen LogP contribution in [0.15, 0.2) is 30.3 Å². The standard InChI is InChI=1S/C27H42N2O4/c1-18(26(32)29(4)17-20-9-7-6-8-10-20)21-11-14-27(3)15-12-22(19(2)24(27)25(21)31)28-23(30)13-16-33-5/h6-10,18-19,21-22,24-25,31H,11-17H2,1-5H3,(H,28,30)/t18-,19+,21+,22-,24+,25-,27-/m0/s1. The molecule has 0 spiro atoms. The zero-order chi connectivity index (χ0) is 24.2. The lowest BCUT2D eigenvalue weighted by atomic mass is 9.51. The van der Waals surface area contributed by atoms with Gasteiger partial charge in [0.15, 0.2) is 0 Å². The summed E-state index contributed by atoms with van der Waals surface area (Å²) in [5, 5.41) is 14.8. The molecule has 6 nitrogen and oxygen atoms in total. The number of aliphatic hydroxyl groups excluding tert-OH is 1. The molecular weight excluding hydrogens is 416 g/mol. The van der Waals surface area contributed by atoms with Gasteiger partial charge in [0.2, 0.25) is 11.8 Å². The summed E-state index contributed by atoms with van der Waals surface area (Å²) < 4.78 is 5.03. The quantitative estimate of drug-likeness (QED) is 0.624. The molecule has 3 rings (SSSR count). The smallest absolute Gasteiger partial charge is 0.225 e. The Kier molecular flexibility index (Phi) is 8.57. The number of hydrogen-bond acceptors (Lipinski definition) is 4. The monoisotopic (exact) mass is 458 g/mol. The SMILES string of the molecule is COCCC(=O)N[C@H]1CC[C@]2(C)CC[C@H]([C@H](C)C(=O)N(C)Cc3ccccc3)[C@H](O)[C@H]2[C@@H]1C. The van der Waals surface area contributed by atoms with Gasteiger partial charge in [0.25, 0.3) is 0 Å². The molecule has 0 bridgehead atoms. The summed E-state index contributed by atoms with van der Waals surface area (Å²) in [6, 6.07) is 10.0. The number of nitrogens with one attached hydrogen (secondary N) is 1. The minimum Gasteiger partial charge on any atom is -0.392 e. The van der Waals surface area contributed by atoms with Gasteiger partial charge >= 0.3 is 0 Å². The number of fused-ring (bicyclic) bond motifs is 1. The molecule has 0 radical (unpaired) electrons. The van der Waals surface area contributed by atoms with Crippen LogP contribution < -0.4 is 5.32 Å². The van der Waals surface area contributed by atoms with Gasteiger partial charge in [-0.3, -0.25) is 9.59 Å².